The molecular weight excluding hydrogens is 280 g/mol. The predicted octanol–water partition coefficient (Wildman–Crippen LogP) is 1.59. The van der Waals surface area contributed by atoms with Gasteiger partial charge < -0.3 is 10.1 Å². The van der Waals surface area contributed by atoms with Crippen LogP contribution in [0.2, 0.25) is 0 Å². The van der Waals surface area contributed by atoms with Crippen molar-refractivity contribution in [1.82, 2.24) is 10.6 Å². The van der Waals surface area contributed by atoms with E-state index in [1.165, 1.54) is 0 Å². The number of ether oxygens (including phenoxy) is 1. The molecule has 2 aliphatic heterocycles. The fourth-order valence-corrected chi connectivity index (χ4v) is 3.07. The first kappa shape index (κ1) is 15.0. The molecule has 2 aliphatic rings. The van der Waals surface area contributed by atoms with E-state index in [0.717, 1.165) is 43.9 Å². The van der Waals surface area contributed by atoms with Crippen molar-refractivity contribution in [3.63, 3.8) is 0 Å². The Kier molecular flexibility index (Phi) is 4.73. The molecule has 0 spiro atoms. The van der Waals surface area contributed by atoms with Crippen LogP contribution >= 0.6 is 0 Å². The van der Waals surface area contributed by atoms with Gasteiger partial charge in [0.05, 0.1) is 12.5 Å². The second-order valence-electron chi connectivity index (χ2n) is 6.08. The van der Waals surface area contributed by atoms with Gasteiger partial charge in [-0.2, -0.15) is 0 Å². The summed E-state index contributed by atoms with van der Waals surface area (Å²) in [7, 11) is 0. The maximum atomic E-state index is 11.9. The number of carbonyl (C=O) groups is 2. The molecule has 2 heterocycles. The van der Waals surface area contributed by atoms with Gasteiger partial charge in [0.1, 0.15) is 5.75 Å². The van der Waals surface area contributed by atoms with E-state index in [9.17, 15) is 9.59 Å². The number of carbonyl (C=O) groups excluding carboxylic acids is 2. The summed E-state index contributed by atoms with van der Waals surface area (Å²) in [5.41, 5.74) is 0.944. The van der Waals surface area contributed by atoms with Gasteiger partial charge in [0.2, 0.25) is 11.8 Å². The van der Waals surface area contributed by atoms with E-state index < -0.39 is 0 Å². The minimum Gasteiger partial charge on any atom is -0.493 e. The quantitative estimate of drug-likeness (QED) is 0.829. The lowest BCUT2D eigenvalue weighted by Crippen LogP contribution is -2.39. The highest BCUT2D eigenvalue weighted by molar-refractivity contribution is 6.00. The average Bonchev–Trinajstić information content (AvgIpc) is 2.55. The van der Waals surface area contributed by atoms with E-state index in [1.807, 2.05) is 24.3 Å². The zero-order chi connectivity index (χ0) is 15.4. The number of hydrogen-bond acceptors (Lipinski definition) is 4. The Morgan fingerprint density at radius 1 is 1.05 bits per heavy atom. The molecule has 1 aromatic carbocycles. The molecule has 0 saturated carbocycles. The van der Waals surface area contributed by atoms with Gasteiger partial charge in [-0.1, -0.05) is 12.1 Å². The molecule has 3 rings (SSSR count). The van der Waals surface area contributed by atoms with E-state index in [-0.39, 0.29) is 17.7 Å². The molecular formula is C17H22N2O3. The lowest BCUT2D eigenvalue weighted by molar-refractivity contribution is -0.134. The Bertz CT molecular complexity index is 535. The summed E-state index contributed by atoms with van der Waals surface area (Å²) in [5.74, 6) is 0.865. The largest absolute Gasteiger partial charge is 0.493 e. The molecule has 5 heteroatoms. The van der Waals surface area contributed by atoms with Crippen LogP contribution in [0, 0.1) is 5.92 Å². The first-order valence-electron chi connectivity index (χ1n) is 7.99. The van der Waals surface area contributed by atoms with E-state index in [1.54, 1.807) is 0 Å². The molecule has 22 heavy (non-hydrogen) atoms. The monoisotopic (exact) mass is 302 g/mol. The van der Waals surface area contributed by atoms with Crippen molar-refractivity contribution in [3.8, 4) is 5.75 Å². The van der Waals surface area contributed by atoms with Crippen molar-refractivity contribution in [2.24, 2.45) is 5.92 Å². The summed E-state index contributed by atoms with van der Waals surface area (Å²) in [5, 5.41) is 5.74. The average molecular weight is 302 g/mol. The summed E-state index contributed by atoms with van der Waals surface area (Å²) in [4.78, 5) is 23.0. The van der Waals surface area contributed by atoms with Crippen molar-refractivity contribution >= 4 is 11.8 Å². The van der Waals surface area contributed by atoms with Crippen LogP contribution in [0.4, 0.5) is 0 Å². The number of rotatable bonds is 4. The van der Waals surface area contributed by atoms with E-state index in [4.69, 9.17) is 4.74 Å². The molecule has 5 nitrogen and oxygen atoms in total. The lowest BCUT2D eigenvalue weighted by Gasteiger charge is -2.23. The summed E-state index contributed by atoms with van der Waals surface area (Å²) < 4.78 is 5.85. The molecule has 0 radical (unpaired) electrons. The third kappa shape index (κ3) is 3.65. The van der Waals surface area contributed by atoms with Crippen molar-refractivity contribution < 1.29 is 14.3 Å². The molecule has 2 fully saturated rings. The van der Waals surface area contributed by atoms with Gasteiger partial charge in [-0.3, -0.25) is 14.9 Å². The highest BCUT2D eigenvalue weighted by Crippen LogP contribution is 2.26. The molecule has 1 unspecified atom stereocenters. The van der Waals surface area contributed by atoms with Crippen LogP contribution in [0.1, 0.15) is 37.2 Å². The Morgan fingerprint density at radius 2 is 1.77 bits per heavy atom. The van der Waals surface area contributed by atoms with Crippen molar-refractivity contribution in [3.05, 3.63) is 29.8 Å². The van der Waals surface area contributed by atoms with Crippen LogP contribution in [0.5, 0.6) is 5.75 Å². The number of benzene rings is 1. The fourth-order valence-electron chi connectivity index (χ4n) is 3.07. The summed E-state index contributed by atoms with van der Waals surface area (Å²) in [6.07, 6.45) is 3.31. The number of amides is 2. The summed E-state index contributed by atoms with van der Waals surface area (Å²) >= 11 is 0. The van der Waals surface area contributed by atoms with Crippen LogP contribution in [-0.4, -0.2) is 31.5 Å². The highest BCUT2D eigenvalue weighted by Gasteiger charge is 2.27. The van der Waals surface area contributed by atoms with E-state index in [0.29, 0.717) is 18.8 Å². The van der Waals surface area contributed by atoms with Gasteiger partial charge in [-0.25, -0.2) is 0 Å². The maximum absolute atomic E-state index is 11.9. The van der Waals surface area contributed by atoms with Crippen LogP contribution < -0.4 is 15.4 Å². The smallest absolute Gasteiger partial charge is 0.234 e. The van der Waals surface area contributed by atoms with Crippen molar-refractivity contribution in [2.45, 2.75) is 31.6 Å². The predicted molar refractivity (Wildman–Crippen MR) is 82.7 cm³/mol. The first-order chi connectivity index (χ1) is 10.7. The standard InChI is InChI=1S/C17H22N2O3/c20-16-6-5-15(17(21)19-16)13-1-3-14(4-2-13)22-11-12-7-9-18-10-8-12/h1-4,12,15,18H,5-11H2,(H,19,20,21). The number of nitrogens with one attached hydrogen (secondary N) is 2. The molecule has 118 valence electrons. The zero-order valence-electron chi connectivity index (χ0n) is 12.6. The molecule has 1 atom stereocenters. The number of piperidine rings is 2. The normalized spacial score (nSPS) is 23.2. The molecule has 2 amide bonds. The Labute approximate surface area is 130 Å². The van der Waals surface area contributed by atoms with E-state index in [2.05, 4.69) is 10.6 Å². The SMILES string of the molecule is O=C1CCC(c2ccc(OCC3CCNCC3)cc2)C(=O)N1. The molecule has 2 saturated heterocycles. The lowest BCUT2D eigenvalue weighted by atomic mass is 9.90. The molecule has 0 bridgehead atoms. The maximum Gasteiger partial charge on any atom is 0.234 e. The van der Waals surface area contributed by atoms with Crippen LogP contribution in [0.3, 0.4) is 0 Å². The third-order valence-electron chi connectivity index (χ3n) is 4.47. The Balaban J connectivity index is 1.55. The fraction of sp³-hybridized carbons (Fsp3) is 0.529. The van der Waals surface area contributed by atoms with Gasteiger partial charge in [0.25, 0.3) is 0 Å². The molecule has 2 N–H and O–H groups in total. The Morgan fingerprint density at radius 3 is 2.45 bits per heavy atom. The van der Waals surface area contributed by atoms with Gasteiger partial charge in [-0.05, 0) is 56.0 Å². The van der Waals surface area contributed by atoms with Gasteiger partial charge in [0, 0.05) is 6.42 Å². The second kappa shape index (κ2) is 6.92. The van der Waals surface area contributed by atoms with E-state index >= 15 is 0 Å². The minimum atomic E-state index is -0.226. The van der Waals surface area contributed by atoms with Gasteiger partial charge in [0.15, 0.2) is 0 Å². The van der Waals surface area contributed by atoms with Gasteiger partial charge >= 0.3 is 0 Å². The third-order valence-corrected chi connectivity index (χ3v) is 4.47. The summed E-state index contributed by atoms with van der Waals surface area (Å²) in [6, 6.07) is 7.69. The van der Waals surface area contributed by atoms with Crippen LogP contribution in [0.15, 0.2) is 24.3 Å². The topological polar surface area (TPSA) is 67.4 Å². The van der Waals surface area contributed by atoms with Crippen molar-refractivity contribution in [2.75, 3.05) is 19.7 Å². The van der Waals surface area contributed by atoms with Crippen LogP contribution in [-0.2, 0) is 9.59 Å². The second-order valence-corrected chi connectivity index (χ2v) is 6.08. The minimum absolute atomic E-state index is 0.178. The molecule has 1 aromatic rings. The summed E-state index contributed by atoms with van der Waals surface area (Å²) in [6.45, 7) is 2.89. The number of hydrogen-bond donors (Lipinski definition) is 2. The number of imide groups is 1. The van der Waals surface area contributed by atoms with Crippen molar-refractivity contribution in [1.29, 1.82) is 0 Å². The molecule has 0 aromatic heterocycles. The first-order valence-corrected chi connectivity index (χ1v) is 7.99. The van der Waals surface area contributed by atoms with Crippen LogP contribution in [0.25, 0.3) is 0 Å². The Hall–Kier alpha value is -1.88. The zero-order valence-corrected chi connectivity index (χ0v) is 12.6. The molecule has 0 aliphatic carbocycles. The highest BCUT2D eigenvalue weighted by atomic mass is 16.5. The van der Waals surface area contributed by atoms with Gasteiger partial charge in [-0.15, -0.1) is 0 Å².